The van der Waals surface area contributed by atoms with Gasteiger partial charge in [-0.15, -0.1) is 0 Å². The van der Waals surface area contributed by atoms with Crippen LogP contribution in [0.4, 0.5) is 5.69 Å². The van der Waals surface area contributed by atoms with Gasteiger partial charge in [-0.1, -0.05) is 0 Å². The molecule has 2 aromatic rings. The molecule has 0 amide bonds. The third-order valence-electron chi connectivity index (χ3n) is 2.74. The van der Waals surface area contributed by atoms with Crippen LogP contribution in [0.2, 0.25) is 0 Å². The van der Waals surface area contributed by atoms with Crippen molar-refractivity contribution in [1.29, 1.82) is 0 Å². The summed E-state index contributed by atoms with van der Waals surface area (Å²) in [6.45, 7) is 1.60. The van der Waals surface area contributed by atoms with Crippen molar-refractivity contribution in [3.8, 4) is 0 Å². The molecule has 0 N–H and O–H groups in total. The van der Waals surface area contributed by atoms with Crippen LogP contribution < -0.4 is 0 Å². The summed E-state index contributed by atoms with van der Waals surface area (Å²) in [5.41, 5.74) is 2.85. The minimum atomic E-state index is 0.147. The fourth-order valence-electron chi connectivity index (χ4n) is 1.84. The number of Topliss-reactive ketones (excluding diaryl/α,β-unsaturated/α-hetero) is 1. The summed E-state index contributed by atoms with van der Waals surface area (Å²) in [5.74, 6) is 0.147. The van der Waals surface area contributed by atoms with Crippen LogP contribution >= 0.6 is 15.9 Å². The molecule has 0 heterocycles. The molecule has 0 fully saturated rings. The first-order chi connectivity index (χ1) is 9.56. The maximum atomic E-state index is 11.3. The van der Waals surface area contributed by atoms with E-state index in [1.165, 1.54) is 0 Å². The van der Waals surface area contributed by atoms with E-state index in [1.807, 2.05) is 48.5 Å². The Balaban J connectivity index is 2.35. The Labute approximate surface area is 135 Å². The number of carbonyl (C=O) groups excluding carboxylic acids is 1. The number of benzene rings is 2. The molecule has 4 heteroatoms. The number of carbonyl (C=O) groups is 1. The fourth-order valence-corrected chi connectivity index (χ4v) is 2.75. The van der Waals surface area contributed by atoms with Crippen molar-refractivity contribution in [2.45, 2.75) is 13.3 Å². The van der Waals surface area contributed by atoms with Gasteiger partial charge in [0.2, 0.25) is 0 Å². The molecular weight excluding hydrogens is 381 g/mol. The van der Waals surface area contributed by atoms with Gasteiger partial charge >= 0.3 is 135 Å². The topological polar surface area (TPSA) is 29.4 Å². The average molecular weight is 394 g/mol. The summed E-state index contributed by atoms with van der Waals surface area (Å²) in [4.78, 5) is 15.9. The Bertz CT molecular complexity index is 650. The van der Waals surface area contributed by atoms with Gasteiger partial charge in [-0.3, -0.25) is 0 Å². The predicted octanol–water partition coefficient (Wildman–Crippen LogP) is 3.83. The Morgan fingerprint density at radius 2 is 1.80 bits per heavy atom. The average Bonchev–Trinajstić information content (AvgIpc) is 2.41. The first-order valence-electron chi connectivity index (χ1n) is 6.15. The first kappa shape index (κ1) is 15.2. The van der Waals surface area contributed by atoms with Gasteiger partial charge in [-0.2, -0.15) is 0 Å². The molecule has 0 saturated heterocycles. The summed E-state index contributed by atoms with van der Waals surface area (Å²) in [5, 5.41) is 0. The number of ketones is 1. The Hall–Kier alpha value is -1.22. The Kier molecular flexibility index (Phi) is 5.30. The maximum absolute atomic E-state index is 11.3. The molecule has 20 heavy (non-hydrogen) atoms. The van der Waals surface area contributed by atoms with Crippen LogP contribution in [0.3, 0.4) is 0 Å². The molecule has 2 nitrogen and oxygen atoms in total. The molecule has 0 aromatic heterocycles. The van der Waals surface area contributed by atoms with E-state index in [1.54, 1.807) is 6.92 Å². The van der Waals surface area contributed by atoms with Crippen molar-refractivity contribution in [3.05, 3.63) is 64.1 Å². The van der Waals surface area contributed by atoms with E-state index in [4.69, 9.17) is 0 Å². The molecule has 0 aliphatic rings. The van der Waals surface area contributed by atoms with E-state index < -0.39 is 0 Å². The van der Waals surface area contributed by atoms with Crippen LogP contribution in [0, 0.1) is 0 Å². The molecule has 2 aromatic carbocycles. The van der Waals surface area contributed by atoms with Gasteiger partial charge in [0.15, 0.2) is 0 Å². The van der Waals surface area contributed by atoms with E-state index in [2.05, 4.69) is 36.9 Å². The molecule has 1 radical (unpaired) electrons. The summed E-state index contributed by atoms with van der Waals surface area (Å²) < 4.78 is 1.82. The first-order valence-corrected chi connectivity index (χ1v) is 7.80. The molecule has 2 rings (SSSR count). The number of nitrogens with zero attached hydrogens (tertiary/aromatic N) is 1. The van der Waals surface area contributed by atoms with E-state index in [9.17, 15) is 4.79 Å². The zero-order valence-electron chi connectivity index (χ0n) is 11.0. The molecule has 0 atom stereocenters. The Morgan fingerprint density at radius 3 is 2.45 bits per heavy atom. The van der Waals surface area contributed by atoms with Gasteiger partial charge in [0.1, 0.15) is 0 Å². The van der Waals surface area contributed by atoms with Crippen LogP contribution in [0.1, 0.15) is 18.1 Å². The van der Waals surface area contributed by atoms with Crippen LogP contribution in [0.15, 0.2) is 58.0 Å². The number of aliphatic imine (C=N–C) groups is 1. The second-order valence-electron chi connectivity index (χ2n) is 4.43. The van der Waals surface area contributed by atoms with Crippen molar-refractivity contribution < 1.29 is 4.79 Å². The number of hydrogen-bond donors (Lipinski definition) is 0. The normalized spacial score (nSPS) is 11.4. The second kappa shape index (κ2) is 6.98. The minimum absolute atomic E-state index is 0.147. The zero-order valence-corrected chi connectivity index (χ0v) is 14.3. The van der Waals surface area contributed by atoms with Crippen LogP contribution in [0.25, 0.3) is 0 Å². The molecular formula is C16H13BrNOSe. The van der Waals surface area contributed by atoms with Crippen LogP contribution in [-0.4, -0.2) is 26.4 Å². The van der Waals surface area contributed by atoms with Crippen LogP contribution in [-0.2, 0) is 11.2 Å². The van der Waals surface area contributed by atoms with Gasteiger partial charge in [0.25, 0.3) is 0 Å². The molecule has 0 saturated carbocycles. The monoisotopic (exact) mass is 394 g/mol. The molecule has 0 bridgehead atoms. The summed E-state index contributed by atoms with van der Waals surface area (Å²) in [7, 11) is 0. The summed E-state index contributed by atoms with van der Waals surface area (Å²) in [6.07, 6.45) is 0.428. The standard InChI is InChI=1S/C16H13BrNOSe/c1-11(19)10-12-4-2-3-5-15(12)16(20)18-14-8-6-13(17)7-9-14/h2-9H,10H2,1H3. The van der Waals surface area contributed by atoms with Crippen molar-refractivity contribution in [2.24, 2.45) is 4.99 Å². The van der Waals surface area contributed by atoms with Gasteiger partial charge in [-0.25, -0.2) is 0 Å². The van der Waals surface area contributed by atoms with E-state index in [-0.39, 0.29) is 5.78 Å². The van der Waals surface area contributed by atoms with Crippen molar-refractivity contribution in [3.63, 3.8) is 0 Å². The molecule has 0 unspecified atom stereocenters. The van der Waals surface area contributed by atoms with Gasteiger partial charge in [-0.05, 0) is 0 Å². The third kappa shape index (κ3) is 4.14. The summed E-state index contributed by atoms with van der Waals surface area (Å²) >= 11 is 6.40. The van der Waals surface area contributed by atoms with Crippen molar-refractivity contribution >= 4 is 48.0 Å². The SMILES string of the molecule is CC(=O)Cc1ccccc1C([Se])=Nc1ccc(Br)cc1. The molecule has 0 aliphatic heterocycles. The summed E-state index contributed by atoms with van der Waals surface area (Å²) in [6, 6.07) is 15.6. The van der Waals surface area contributed by atoms with Gasteiger partial charge in [0, 0.05) is 0 Å². The second-order valence-corrected chi connectivity index (χ2v) is 6.16. The third-order valence-corrected chi connectivity index (χ3v) is 3.93. The fraction of sp³-hybridized carbons (Fsp3) is 0.125. The van der Waals surface area contributed by atoms with Crippen molar-refractivity contribution in [2.75, 3.05) is 0 Å². The molecule has 0 spiro atoms. The number of rotatable bonds is 4. The van der Waals surface area contributed by atoms with E-state index in [0.29, 0.717) is 6.42 Å². The van der Waals surface area contributed by atoms with E-state index in [0.717, 1.165) is 25.9 Å². The quantitative estimate of drug-likeness (QED) is 0.573. The van der Waals surface area contributed by atoms with Gasteiger partial charge < -0.3 is 0 Å². The van der Waals surface area contributed by atoms with Gasteiger partial charge in [0.05, 0.1) is 0 Å². The number of hydrogen-bond acceptors (Lipinski definition) is 2. The van der Waals surface area contributed by atoms with E-state index >= 15 is 0 Å². The Morgan fingerprint density at radius 1 is 1.15 bits per heavy atom. The number of halogens is 1. The predicted molar refractivity (Wildman–Crippen MR) is 86.9 cm³/mol. The molecule has 0 aliphatic carbocycles. The zero-order chi connectivity index (χ0) is 14.5. The molecule has 101 valence electrons. The van der Waals surface area contributed by atoms with Crippen LogP contribution in [0.5, 0.6) is 0 Å². The van der Waals surface area contributed by atoms with Crippen molar-refractivity contribution in [1.82, 2.24) is 0 Å².